The maximum absolute atomic E-state index is 14.4. The third kappa shape index (κ3) is 4.72. The molecule has 0 bridgehead atoms. The molecule has 1 amide bonds. The minimum absolute atomic E-state index is 0.0761. The van der Waals surface area contributed by atoms with Gasteiger partial charge in [0.25, 0.3) is 0 Å². The fraction of sp³-hybridized carbons (Fsp3) is 0.435. The van der Waals surface area contributed by atoms with E-state index in [0.29, 0.717) is 36.6 Å². The second kappa shape index (κ2) is 8.78. The highest BCUT2D eigenvalue weighted by atomic mass is 32.2. The van der Waals surface area contributed by atoms with Crippen LogP contribution in [0.1, 0.15) is 31.4 Å². The fourth-order valence-corrected chi connectivity index (χ4v) is 4.84. The summed E-state index contributed by atoms with van der Waals surface area (Å²) < 4.78 is 30.8. The highest BCUT2D eigenvalue weighted by Gasteiger charge is 2.40. The number of rotatable bonds is 5. The molecular weight excluding hydrogens is 421 g/mol. The van der Waals surface area contributed by atoms with Crippen LogP contribution < -0.4 is 0 Å². The number of nitrogens with zero attached hydrogens (tertiary/aromatic N) is 1. The monoisotopic (exact) mass is 447 g/mol. The smallest absolute Gasteiger partial charge is 0.409 e. The van der Waals surface area contributed by atoms with Crippen molar-refractivity contribution in [2.75, 3.05) is 32.9 Å². The molecule has 0 aromatic heterocycles. The van der Waals surface area contributed by atoms with Crippen LogP contribution in [0.25, 0.3) is 0 Å². The number of halogens is 1. The van der Waals surface area contributed by atoms with E-state index < -0.39 is 23.3 Å². The van der Waals surface area contributed by atoms with Gasteiger partial charge in [0.2, 0.25) is 0 Å². The van der Waals surface area contributed by atoms with E-state index in [2.05, 4.69) is 0 Å². The van der Waals surface area contributed by atoms with Crippen molar-refractivity contribution in [2.24, 2.45) is 0 Å². The number of ether oxygens (including phenoxy) is 3. The fourth-order valence-electron chi connectivity index (χ4n) is 3.93. The van der Waals surface area contributed by atoms with E-state index in [1.807, 2.05) is 31.2 Å². The van der Waals surface area contributed by atoms with Crippen molar-refractivity contribution in [2.45, 2.75) is 41.4 Å². The Morgan fingerprint density at radius 1 is 1.16 bits per heavy atom. The quantitative estimate of drug-likeness (QED) is 0.739. The molecule has 0 saturated carbocycles. The highest BCUT2D eigenvalue weighted by molar-refractivity contribution is 7.99. The number of β-amino-alcohol motifs (C(OH)–C–C–N with tert-alkyl or cyclic N) is 1. The summed E-state index contributed by atoms with van der Waals surface area (Å²) in [5, 5.41) is 11.1. The number of amides is 1. The maximum Gasteiger partial charge on any atom is 0.409 e. The molecule has 0 radical (unpaired) electrons. The maximum atomic E-state index is 14.4. The van der Waals surface area contributed by atoms with Crippen LogP contribution in [0.4, 0.5) is 9.18 Å². The van der Waals surface area contributed by atoms with Crippen molar-refractivity contribution in [3.63, 3.8) is 0 Å². The van der Waals surface area contributed by atoms with E-state index in [4.69, 9.17) is 14.2 Å². The Balaban J connectivity index is 1.50. The number of carbonyl (C=O) groups is 1. The van der Waals surface area contributed by atoms with Gasteiger partial charge in [-0.2, -0.15) is 0 Å². The van der Waals surface area contributed by atoms with E-state index in [1.165, 1.54) is 28.8 Å². The lowest BCUT2D eigenvalue weighted by Gasteiger charge is -2.24. The first-order valence-corrected chi connectivity index (χ1v) is 11.1. The van der Waals surface area contributed by atoms with Gasteiger partial charge in [0.15, 0.2) is 5.79 Å². The standard InChI is InChI=1S/C23H26FNO5S/c1-3-28-21(26)25-9-8-23(27,15-25)17-12-18(24)14-20(13-17)31-19-6-4-16(5-7-19)22(2)29-10-11-30-22/h4-7,12-14,27H,3,8-11,15H2,1-2H3. The molecule has 1 atom stereocenters. The van der Waals surface area contributed by atoms with Crippen LogP contribution in [0.15, 0.2) is 52.3 Å². The summed E-state index contributed by atoms with van der Waals surface area (Å²) >= 11 is 1.40. The molecule has 2 aromatic carbocycles. The second-order valence-electron chi connectivity index (χ2n) is 7.85. The topological polar surface area (TPSA) is 68.2 Å². The lowest BCUT2D eigenvalue weighted by molar-refractivity contribution is -0.149. The van der Waals surface area contributed by atoms with Crippen molar-refractivity contribution in [1.29, 1.82) is 0 Å². The number of likely N-dealkylation sites (tertiary alicyclic amines) is 1. The van der Waals surface area contributed by atoms with Gasteiger partial charge in [0.05, 0.1) is 26.4 Å². The van der Waals surface area contributed by atoms with Crippen LogP contribution in [0, 0.1) is 5.82 Å². The molecule has 8 heteroatoms. The van der Waals surface area contributed by atoms with Gasteiger partial charge in [-0.25, -0.2) is 9.18 Å². The summed E-state index contributed by atoms with van der Waals surface area (Å²) in [6.07, 6.45) is -0.138. The summed E-state index contributed by atoms with van der Waals surface area (Å²) in [6.45, 7) is 5.46. The normalized spacial score (nSPS) is 22.6. The zero-order chi connectivity index (χ0) is 22.1. The molecule has 0 spiro atoms. The minimum atomic E-state index is -1.31. The number of hydrogen-bond acceptors (Lipinski definition) is 6. The summed E-state index contributed by atoms with van der Waals surface area (Å²) in [5.41, 5.74) is 0.0760. The van der Waals surface area contributed by atoms with Gasteiger partial charge in [-0.1, -0.05) is 23.9 Å². The third-order valence-electron chi connectivity index (χ3n) is 5.64. The van der Waals surface area contributed by atoms with E-state index in [9.17, 15) is 14.3 Å². The van der Waals surface area contributed by atoms with E-state index in [0.717, 1.165) is 10.5 Å². The molecule has 4 rings (SSSR count). The van der Waals surface area contributed by atoms with Gasteiger partial charge >= 0.3 is 6.09 Å². The molecule has 2 heterocycles. The molecule has 1 unspecified atom stereocenters. The Morgan fingerprint density at radius 2 is 1.87 bits per heavy atom. The lowest BCUT2D eigenvalue weighted by atomic mass is 9.93. The van der Waals surface area contributed by atoms with Crippen LogP contribution >= 0.6 is 11.8 Å². The molecule has 6 nitrogen and oxygen atoms in total. The predicted molar refractivity (Wildman–Crippen MR) is 113 cm³/mol. The Labute approximate surface area is 185 Å². The Morgan fingerprint density at radius 3 is 2.55 bits per heavy atom. The molecule has 2 aliphatic heterocycles. The Kier molecular flexibility index (Phi) is 6.25. The SMILES string of the molecule is CCOC(=O)N1CCC(O)(c2cc(F)cc(Sc3ccc(C4(C)OCCO4)cc3)c2)C1. The first kappa shape index (κ1) is 22.1. The average Bonchev–Trinajstić information content (AvgIpc) is 3.36. The van der Waals surface area contributed by atoms with Gasteiger partial charge in [0.1, 0.15) is 11.4 Å². The van der Waals surface area contributed by atoms with Crippen LogP contribution in [0.5, 0.6) is 0 Å². The molecule has 0 aliphatic carbocycles. The molecule has 2 fully saturated rings. The molecule has 166 valence electrons. The minimum Gasteiger partial charge on any atom is -0.450 e. The third-order valence-corrected chi connectivity index (χ3v) is 6.61. The van der Waals surface area contributed by atoms with Crippen LogP contribution in [0.2, 0.25) is 0 Å². The Hall–Kier alpha value is -2.13. The van der Waals surface area contributed by atoms with Crippen LogP contribution in [0.3, 0.4) is 0 Å². The average molecular weight is 448 g/mol. The summed E-state index contributed by atoms with van der Waals surface area (Å²) in [4.78, 5) is 15.0. The van der Waals surface area contributed by atoms with E-state index in [1.54, 1.807) is 13.0 Å². The van der Waals surface area contributed by atoms with Crippen LogP contribution in [-0.4, -0.2) is 49.0 Å². The summed E-state index contributed by atoms with van der Waals surface area (Å²) in [6, 6.07) is 12.3. The molecular formula is C23H26FNO5S. The van der Waals surface area contributed by atoms with Crippen molar-refractivity contribution < 1.29 is 28.5 Å². The lowest BCUT2D eigenvalue weighted by Crippen LogP contribution is -2.34. The van der Waals surface area contributed by atoms with Gasteiger partial charge < -0.3 is 24.2 Å². The largest absolute Gasteiger partial charge is 0.450 e. The molecule has 2 aromatic rings. The number of carbonyl (C=O) groups excluding carboxylic acids is 1. The van der Waals surface area contributed by atoms with Crippen molar-refractivity contribution >= 4 is 17.9 Å². The predicted octanol–water partition coefficient (Wildman–Crippen LogP) is 4.25. The number of benzene rings is 2. The van der Waals surface area contributed by atoms with Crippen molar-refractivity contribution in [3.05, 3.63) is 59.4 Å². The van der Waals surface area contributed by atoms with Gasteiger partial charge in [-0.3, -0.25) is 0 Å². The molecule has 1 N–H and O–H groups in total. The van der Waals surface area contributed by atoms with E-state index >= 15 is 0 Å². The molecule has 2 aliphatic rings. The zero-order valence-electron chi connectivity index (χ0n) is 17.6. The van der Waals surface area contributed by atoms with Crippen molar-refractivity contribution in [1.82, 2.24) is 4.90 Å². The molecule has 2 saturated heterocycles. The van der Waals surface area contributed by atoms with Crippen LogP contribution in [-0.2, 0) is 25.6 Å². The van der Waals surface area contributed by atoms with Crippen molar-refractivity contribution in [3.8, 4) is 0 Å². The van der Waals surface area contributed by atoms with Gasteiger partial charge in [-0.05, 0) is 56.2 Å². The highest BCUT2D eigenvalue weighted by Crippen LogP contribution is 2.38. The molecule has 31 heavy (non-hydrogen) atoms. The Bertz CT molecular complexity index is 947. The summed E-state index contributed by atoms with van der Waals surface area (Å²) in [5.74, 6) is -1.16. The van der Waals surface area contributed by atoms with E-state index in [-0.39, 0.29) is 13.2 Å². The first-order valence-electron chi connectivity index (χ1n) is 10.3. The first-order chi connectivity index (χ1) is 14.8. The van der Waals surface area contributed by atoms with Gasteiger partial charge in [-0.15, -0.1) is 0 Å². The number of hydrogen-bond donors (Lipinski definition) is 1. The zero-order valence-corrected chi connectivity index (χ0v) is 18.4. The van der Waals surface area contributed by atoms with Gasteiger partial charge in [0, 0.05) is 21.9 Å². The second-order valence-corrected chi connectivity index (χ2v) is 8.99. The number of aliphatic hydroxyl groups is 1. The summed E-state index contributed by atoms with van der Waals surface area (Å²) in [7, 11) is 0.